The van der Waals surface area contributed by atoms with Gasteiger partial charge in [0.25, 0.3) is 5.56 Å². The third-order valence-corrected chi connectivity index (χ3v) is 4.43. The number of carbonyl (C=O) groups excluding carboxylic acids is 1. The van der Waals surface area contributed by atoms with E-state index in [1.165, 1.54) is 10.7 Å². The normalized spacial score (nSPS) is 15.2. The van der Waals surface area contributed by atoms with E-state index in [1.54, 1.807) is 13.0 Å². The van der Waals surface area contributed by atoms with Crippen LogP contribution in [0.5, 0.6) is 5.75 Å². The van der Waals surface area contributed by atoms with Gasteiger partial charge in [-0.1, -0.05) is 0 Å². The van der Waals surface area contributed by atoms with Gasteiger partial charge < -0.3 is 9.64 Å². The Morgan fingerprint density at radius 1 is 1.16 bits per heavy atom. The number of rotatable bonds is 5. The highest BCUT2D eigenvalue weighted by Crippen LogP contribution is 2.21. The SMILES string of the molecule is CCOc1ccc(-c2ccc(=O)n(C(C)C(=O)N3CCCC3)n2)cc1. The van der Waals surface area contributed by atoms with Crippen molar-refractivity contribution in [3.8, 4) is 17.0 Å². The van der Waals surface area contributed by atoms with Gasteiger partial charge in [0.05, 0.1) is 12.3 Å². The third-order valence-electron chi connectivity index (χ3n) is 4.43. The Labute approximate surface area is 147 Å². The lowest BCUT2D eigenvalue weighted by molar-refractivity contribution is -0.133. The first kappa shape index (κ1) is 17.2. The van der Waals surface area contributed by atoms with Gasteiger partial charge >= 0.3 is 0 Å². The summed E-state index contributed by atoms with van der Waals surface area (Å²) >= 11 is 0. The molecular weight excluding hydrogens is 318 g/mol. The van der Waals surface area contributed by atoms with Crippen LogP contribution in [0.15, 0.2) is 41.2 Å². The summed E-state index contributed by atoms with van der Waals surface area (Å²) in [4.78, 5) is 26.6. The molecule has 132 valence electrons. The monoisotopic (exact) mass is 341 g/mol. The van der Waals surface area contributed by atoms with E-state index in [9.17, 15) is 9.59 Å². The minimum absolute atomic E-state index is 0.0454. The Kier molecular flexibility index (Phi) is 5.16. The first-order chi connectivity index (χ1) is 12.1. The average Bonchev–Trinajstić information content (AvgIpc) is 3.17. The van der Waals surface area contributed by atoms with Crippen LogP contribution in [-0.4, -0.2) is 40.3 Å². The summed E-state index contributed by atoms with van der Waals surface area (Å²) in [6.45, 7) is 5.80. The number of ether oxygens (including phenoxy) is 1. The molecule has 1 aliphatic heterocycles. The summed E-state index contributed by atoms with van der Waals surface area (Å²) in [5.74, 6) is 0.744. The van der Waals surface area contributed by atoms with E-state index in [4.69, 9.17) is 4.74 Å². The van der Waals surface area contributed by atoms with E-state index >= 15 is 0 Å². The number of benzene rings is 1. The number of amides is 1. The van der Waals surface area contributed by atoms with Crippen LogP contribution >= 0.6 is 0 Å². The molecule has 0 radical (unpaired) electrons. The number of likely N-dealkylation sites (tertiary alicyclic amines) is 1. The Hall–Kier alpha value is -2.63. The zero-order valence-corrected chi connectivity index (χ0v) is 14.6. The van der Waals surface area contributed by atoms with Crippen molar-refractivity contribution < 1.29 is 9.53 Å². The van der Waals surface area contributed by atoms with Crippen LogP contribution in [0.2, 0.25) is 0 Å². The maximum absolute atomic E-state index is 12.6. The van der Waals surface area contributed by atoms with Crippen molar-refractivity contribution in [3.05, 3.63) is 46.8 Å². The highest BCUT2D eigenvalue weighted by atomic mass is 16.5. The number of hydrogen-bond donors (Lipinski definition) is 0. The third kappa shape index (κ3) is 3.73. The molecule has 2 heterocycles. The molecule has 6 heteroatoms. The minimum atomic E-state index is -0.603. The van der Waals surface area contributed by atoms with Crippen LogP contribution < -0.4 is 10.3 Å². The van der Waals surface area contributed by atoms with Crippen molar-refractivity contribution in [2.75, 3.05) is 19.7 Å². The van der Waals surface area contributed by atoms with Crippen LogP contribution in [0.4, 0.5) is 0 Å². The maximum atomic E-state index is 12.6. The van der Waals surface area contributed by atoms with Crippen molar-refractivity contribution in [2.24, 2.45) is 0 Å². The summed E-state index contributed by atoms with van der Waals surface area (Å²) in [5, 5.41) is 4.43. The standard InChI is InChI=1S/C19H23N3O3/c1-3-25-16-8-6-15(7-9-16)17-10-11-18(23)22(20-17)14(2)19(24)21-12-4-5-13-21/h6-11,14H,3-5,12-13H2,1-2H3. The summed E-state index contributed by atoms with van der Waals surface area (Å²) in [7, 11) is 0. The molecule has 0 spiro atoms. The second kappa shape index (κ2) is 7.51. The van der Waals surface area contributed by atoms with Gasteiger partial charge in [-0.05, 0) is 57.0 Å². The molecule has 1 atom stereocenters. The second-order valence-electron chi connectivity index (χ2n) is 6.17. The van der Waals surface area contributed by atoms with E-state index < -0.39 is 6.04 Å². The Bertz CT molecular complexity index is 792. The fraction of sp³-hybridized carbons (Fsp3) is 0.421. The van der Waals surface area contributed by atoms with Crippen LogP contribution in [0.25, 0.3) is 11.3 Å². The fourth-order valence-electron chi connectivity index (χ4n) is 3.05. The highest BCUT2D eigenvalue weighted by molar-refractivity contribution is 5.80. The molecule has 0 aliphatic carbocycles. The molecule has 1 saturated heterocycles. The molecule has 3 rings (SSSR count). The van der Waals surface area contributed by atoms with Gasteiger partial charge in [-0.15, -0.1) is 0 Å². The lowest BCUT2D eigenvalue weighted by Crippen LogP contribution is -2.38. The van der Waals surface area contributed by atoms with Crippen molar-refractivity contribution in [1.29, 1.82) is 0 Å². The molecule has 0 bridgehead atoms. The molecule has 6 nitrogen and oxygen atoms in total. The summed E-state index contributed by atoms with van der Waals surface area (Å²) in [5.41, 5.74) is 1.26. The minimum Gasteiger partial charge on any atom is -0.494 e. The summed E-state index contributed by atoms with van der Waals surface area (Å²) < 4.78 is 6.72. The smallest absolute Gasteiger partial charge is 0.267 e. The predicted octanol–water partition coefficient (Wildman–Crippen LogP) is 2.49. The molecule has 1 fully saturated rings. The molecule has 0 N–H and O–H groups in total. The fourth-order valence-corrected chi connectivity index (χ4v) is 3.05. The first-order valence-electron chi connectivity index (χ1n) is 8.72. The molecule has 0 saturated carbocycles. The van der Waals surface area contributed by atoms with E-state index in [0.29, 0.717) is 12.3 Å². The van der Waals surface area contributed by atoms with E-state index in [-0.39, 0.29) is 11.5 Å². The van der Waals surface area contributed by atoms with E-state index in [1.807, 2.05) is 36.1 Å². The van der Waals surface area contributed by atoms with Crippen molar-refractivity contribution in [3.63, 3.8) is 0 Å². The maximum Gasteiger partial charge on any atom is 0.267 e. The summed E-state index contributed by atoms with van der Waals surface area (Å²) in [6.07, 6.45) is 2.04. The number of aromatic nitrogens is 2. The number of carbonyl (C=O) groups is 1. The highest BCUT2D eigenvalue weighted by Gasteiger charge is 2.25. The Morgan fingerprint density at radius 3 is 2.48 bits per heavy atom. The predicted molar refractivity (Wildman–Crippen MR) is 95.6 cm³/mol. The van der Waals surface area contributed by atoms with Crippen LogP contribution in [0.3, 0.4) is 0 Å². The quantitative estimate of drug-likeness (QED) is 0.838. The van der Waals surface area contributed by atoms with Crippen molar-refractivity contribution in [1.82, 2.24) is 14.7 Å². The topological polar surface area (TPSA) is 64.4 Å². The Balaban J connectivity index is 1.87. The van der Waals surface area contributed by atoms with Gasteiger partial charge in [-0.25, -0.2) is 4.68 Å². The van der Waals surface area contributed by atoms with Gasteiger partial charge in [0.2, 0.25) is 5.91 Å². The molecule has 1 amide bonds. The summed E-state index contributed by atoms with van der Waals surface area (Å²) in [6, 6.07) is 10.1. The Morgan fingerprint density at radius 2 is 1.84 bits per heavy atom. The molecule has 2 aromatic rings. The largest absolute Gasteiger partial charge is 0.494 e. The lowest BCUT2D eigenvalue weighted by atomic mass is 10.1. The molecule has 25 heavy (non-hydrogen) atoms. The van der Waals surface area contributed by atoms with Crippen LogP contribution in [0, 0.1) is 0 Å². The van der Waals surface area contributed by atoms with Gasteiger partial charge in [0.1, 0.15) is 11.8 Å². The van der Waals surface area contributed by atoms with E-state index in [0.717, 1.165) is 37.2 Å². The molecule has 1 aromatic carbocycles. The van der Waals surface area contributed by atoms with Gasteiger partial charge in [-0.2, -0.15) is 5.10 Å². The second-order valence-corrected chi connectivity index (χ2v) is 6.17. The molecule has 1 unspecified atom stereocenters. The number of nitrogens with zero attached hydrogens (tertiary/aromatic N) is 3. The zero-order chi connectivity index (χ0) is 17.8. The van der Waals surface area contributed by atoms with Crippen molar-refractivity contribution in [2.45, 2.75) is 32.7 Å². The van der Waals surface area contributed by atoms with Crippen LogP contribution in [0.1, 0.15) is 32.7 Å². The van der Waals surface area contributed by atoms with Gasteiger partial charge in [0, 0.05) is 24.7 Å². The molecule has 1 aromatic heterocycles. The lowest BCUT2D eigenvalue weighted by Gasteiger charge is -2.21. The van der Waals surface area contributed by atoms with Crippen LogP contribution in [-0.2, 0) is 4.79 Å². The first-order valence-corrected chi connectivity index (χ1v) is 8.72. The zero-order valence-electron chi connectivity index (χ0n) is 14.6. The van der Waals surface area contributed by atoms with Crippen molar-refractivity contribution >= 4 is 5.91 Å². The van der Waals surface area contributed by atoms with Gasteiger partial charge in [-0.3, -0.25) is 9.59 Å². The van der Waals surface area contributed by atoms with E-state index in [2.05, 4.69) is 5.10 Å². The van der Waals surface area contributed by atoms with Gasteiger partial charge in [0.15, 0.2) is 0 Å². The molecular formula is C19H23N3O3. The molecule has 1 aliphatic rings. The number of hydrogen-bond acceptors (Lipinski definition) is 4. The average molecular weight is 341 g/mol.